The minimum atomic E-state index is -3.49. The van der Waals surface area contributed by atoms with Crippen molar-refractivity contribution in [3.8, 4) is 11.5 Å². The molecule has 2 aromatic rings. The Balaban J connectivity index is 1.36. The molecule has 3 aliphatic rings. The molecule has 0 N–H and O–H groups in total. The zero-order valence-corrected chi connectivity index (χ0v) is 17.4. The number of carbonyl (C=O) groups excluding carboxylic acids is 1. The van der Waals surface area contributed by atoms with Gasteiger partial charge in [0.25, 0.3) is 5.91 Å². The van der Waals surface area contributed by atoms with Crippen molar-refractivity contribution in [3.63, 3.8) is 0 Å². The monoisotopic (exact) mass is 428 g/mol. The number of hydrogen-bond donors (Lipinski definition) is 0. The Morgan fingerprint density at radius 3 is 2.53 bits per heavy atom. The number of para-hydroxylation sites is 2. The van der Waals surface area contributed by atoms with E-state index >= 15 is 0 Å². The first kappa shape index (κ1) is 19.4. The van der Waals surface area contributed by atoms with Gasteiger partial charge in [0, 0.05) is 25.3 Å². The summed E-state index contributed by atoms with van der Waals surface area (Å²) in [6.07, 6.45) is 2.78. The summed E-state index contributed by atoms with van der Waals surface area (Å²) in [5.41, 5.74) is 1.62. The average molecular weight is 429 g/mol. The van der Waals surface area contributed by atoms with Crippen molar-refractivity contribution in [3.05, 3.63) is 48.0 Å². The highest BCUT2D eigenvalue weighted by Crippen LogP contribution is 2.35. The lowest BCUT2D eigenvalue weighted by atomic mass is 10.2. The molecule has 158 valence electrons. The van der Waals surface area contributed by atoms with Gasteiger partial charge in [0.1, 0.15) is 6.61 Å². The van der Waals surface area contributed by atoms with Crippen molar-refractivity contribution in [2.45, 2.75) is 36.7 Å². The highest BCUT2D eigenvalue weighted by Gasteiger charge is 2.35. The predicted molar refractivity (Wildman–Crippen MR) is 111 cm³/mol. The van der Waals surface area contributed by atoms with Crippen LogP contribution in [-0.2, 0) is 21.2 Å². The number of sulfonamides is 1. The van der Waals surface area contributed by atoms with Crippen molar-refractivity contribution in [1.29, 1.82) is 0 Å². The number of benzene rings is 2. The Morgan fingerprint density at radius 1 is 0.967 bits per heavy atom. The number of carbonyl (C=O) groups is 1. The summed E-state index contributed by atoms with van der Waals surface area (Å²) >= 11 is 0. The molecule has 30 heavy (non-hydrogen) atoms. The summed E-state index contributed by atoms with van der Waals surface area (Å²) in [5.74, 6) is 1.02. The third kappa shape index (κ3) is 3.33. The number of piperidine rings is 1. The molecule has 0 bridgehead atoms. The minimum Gasteiger partial charge on any atom is -0.485 e. The standard InChI is InChI=1S/C22H24N2O5S/c25-22(21-15-28-19-6-2-3-7-20(19)29-21)24-13-10-16-14-17(8-9-18(16)24)30(26,27)23-11-4-1-5-12-23/h2-3,6-9,14,21H,1,4-5,10-13,15H2. The molecule has 7 nitrogen and oxygen atoms in total. The van der Waals surface area contributed by atoms with Crippen LogP contribution < -0.4 is 14.4 Å². The maximum atomic E-state index is 13.1. The van der Waals surface area contributed by atoms with Crippen molar-refractivity contribution < 1.29 is 22.7 Å². The summed E-state index contributed by atoms with van der Waals surface area (Å²) < 4.78 is 39.1. The van der Waals surface area contributed by atoms with Crippen LogP contribution in [0.4, 0.5) is 5.69 Å². The van der Waals surface area contributed by atoms with Gasteiger partial charge in [-0.1, -0.05) is 18.6 Å². The summed E-state index contributed by atoms with van der Waals surface area (Å²) in [5, 5.41) is 0. The van der Waals surface area contributed by atoms with E-state index in [1.807, 2.05) is 18.2 Å². The van der Waals surface area contributed by atoms with E-state index in [0.29, 0.717) is 42.4 Å². The Bertz CT molecular complexity index is 1080. The number of fused-ring (bicyclic) bond motifs is 2. The molecule has 0 aliphatic carbocycles. The van der Waals surface area contributed by atoms with Crippen LogP contribution >= 0.6 is 0 Å². The van der Waals surface area contributed by atoms with E-state index in [1.54, 1.807) is 33.5 Å². The first-order chi connectivity index (χ1) is 14.5. The van der Waals surface area contributed by atoms with Crippen LogP contribution in [0.15, 0.2) is 47.4 Å². The summed E-state index contributed by atoms with van der Waals surface area (Å²) in [7, 11) is -3.49. The molecule has 0 aromatic heterocycles. The minimum absolute atomic E-state index is 0.156. The number of hydrogen-bond acceptors (Lipinski definition) is 5. The second kappa shape index (κ2) is 7.59. The Hall–Kier alpha value is -2.58. The summed E-state index contributed by atoms with van der Waals surface area (Å²) in [4.78, 5) is 15.1. The molecule has 3 aliphatic heterocycles. The predicted octanol–water partition coefficient (Wildman–Crippen LogP) is 2.59. The Morgan fingerprint density at radius 2 is 1.73 bits per heavy atom. The maximum absolute atomic E-state index is 13.1. The molecule has 0 radical (unpaired) electrons. The number of rotatable bonds is 3. The van der Waals surface area contributed by atoms with Gasteiger partial charge in [0.2, 0.25) is 16.1 Å². The van der Waals surface area contributed by atoms with Crippen LogP contribution in [0.5, 0.6) is 11.5 Å². The van der Waals surface area contributed by atoms with Gasteiger partial charge in [0.15, 0.2) is 11.5 Å². The number of ether oxygens (including phenoxy) is 2. The lowest BCUT2D eigenvalue weighted by Gasteiger charge is -2.29. The molecule has 1 saturated heterocycles. The first-order valence-electron chi connectivity index (χ1n) is 10.4. The van der Waals surface area contributed by atoms with Crippen LogP contribution in [0, 0.1) is 0 Å². The van der Waals surface area contributed by atoms with E-state index in [4.69, 9.17) is 9.47 Å². The fourth-order valence-corrected chi connectivity index (χ4v) is 5.91. The molecular formula is C22H24N2O5S. The van der Waals surface area contributed by atoms with Crippen molar-refractivity contribution in [2.75, 3.05) is 31.1 Å². The molecule has 1 atom stereocenters. The second-order valence-electron chi connectivity index (χ2n) is 7.86. The average Bonchev–Trinajstić information content (AvgIpc) is 3.22. The van der Waals surface area contributed by atoms with Crippen LogP contribution in [0.1, 0.15) is 24.8 Å². The van der Waals surface area contributed by atoms with Crippen molar-refractivity contribution in [1.82, 2.24) is 4.31 Å². The van der Waals surface area contributed by atoms with E-state index in [1.165, 1.54) is 0 Å². The molecule has 1 unspecified atom stereocenters. The van der Waals surface area contributed by atoms with Gasteiger partial charge < -0.3 is 14.4 Å². The SMILES string of the molecule is O=C(C1COc2ccccc2O1)N1CCc2cc(S(=O)(=O)N3CCCCC3)ccc21. The fourth-order valence-electron chi connectivity index (χ4n) is 4.34. The molecule has 1 fully saturated rings. The lowest BCUT2D eigenvalue weighted by Crippen LogP contribution is -2.46. The third-order valence-corrected chi connectivity index (χ3v) is 7.84. The third-order valence-electron chi connectivity index (χ3n) is 5.95. The summed E-state index contributed by atoms with van der Waals surface area (Å²) in [6, 6.07) is 12.4. The van der Waals surface area contributed by atoms with Crippen LogP contribution in [0.3, 0.4) is 0 Å². The molecule has 5 rings (SSSR count). The smallest absolute Gasteiger partial charge is 0.271 e. The van der Waals surface area contributed by atoms with Crippen molar-refractivity contribution >= 4 is 21.6 Å². The van der Waals surface area contributed by atoms with Gasteiger partial charge in [-0.25, -0.2) is 8.42 Å². The van der Waals surface area contributed by atoms with Gasteiger partial charge in [-0.3, -0.25) is 4.79 Å². The maximum Gasteiger partial charge on any atom is 0.271 e. The topological polar surface area (TPSA) is 76.1 Å². The van der Waals surface area contributed by atoms with Crippen molar-refractivity contribution in [2.24, 2.45) is 0 Å². The van der Waals surface area contributed by atoms with Crippen LogP contribution in [0.25, 0.3) is 0 Å². The summed E-state index contributed by atoms with van der Waals surface area (Å²) in [6.45, 7) is 1.81. The van der Waals surface area contributed by atoms with Gasteiger partial charge in [0.05, 0.1) is 4.90 Å². The fraction of sp³-hybridized carbons (Fsp3) is 0.409. The molecule has 0 saturated carbocycles. The van der Waals surface area contributed by atoms with Gasteiger partial charge in [-0.2, -0.15) is 4.31 Å². The molecule has 2 aromatic carbocycles. The number of anilines is 1. The van der Waals surface area contributed by atoms with E-state index < -0.39 is 16.1 Å². The molecule has 3 heterocycles. The van der Waals surface area contributed by atoms with Gasteiger partial charge in [-0.05, 0) is 55.2 Å². The van der Waals surface area contributed by atoms with E-state index in [9.17, 15) is 13.2 Å². The van der Waals surface area contributed by atoms with Gasteiger partial charge in [-0.15, -0.1) is 0 Å². The molecule has 1 amide bonds. The van der Waals surface area contributed by atoms with E-state index in [2.05, 4.69) is 0 Å². The molecule has 0 spiro atoms. The lowest BCUT2D eigenvalue weighted by molar-refractivity contribution is -0.127. The number of nitrogens with zero attached hydrogens (tertiary/aromatic N) is 2. The van der Waals surface area contributed by atoms with Crippen LogP contribution in [0.2, 0.25) is 0 Å². The van der Waals surface area contributed by atoms with Gasteiger partial charge >= 0.3 is 0 Å². The Kier molecular flexibility index (Phi) is 4.91. The van der Waals surface area contributed by atoms with Crippen LogP contribution in [-0.4, -0.2) is 51.0 Å². The molecular weight excluding hydrogens is 404 g/mol. The zero-order valence-electron chi connectivity index (χ0n) is 16.6. The highest BCUT2D eigenvalue weighted by atomic mass is 32.2. The van der Waals surface area contributed by atoms with E-state index in [0.717, 1.165) is 30.5 Å². The molecule has 8 heteroatoms. The Labute approximate surface area is 176 Å². The quantitative estimate of drug-likeness (QED) is 0.751. The second-order valence-corrected chi connectivity index (χ2v) is 9.80. The van der Waals surface area contributed by atoms with E-state index in [-0.39, 0.29) is 12.5 Å². The first-order valence-corrected chi connectivity index (χ1v) is 11.8. The normalized spacial score (nSPS) is 21.3. The highest BCUT2D eigenvalue weighted by molar-refractivity contribution is 7.89. The largest absolute Gasteiger partial charge is 0.485 e. The zero-order chi connectivity index (χ0) is 20.7. The number of amides is 1.